The minimum Gasteiger partial charge on any atom is -0.504 e. The molecule has 0 spiro atoms. The van der Waals surface area contributed by atoms with Gasteiger partial charge in [0.2, 0.25) is 5.91 Å². The molecule has 0 unspecified atom stereocenters. The van der Waals surface area contributed by atoms with Crippen molar-refractivity contribution in [2.24, 2.45) is 5.73 Å². The number of nitrogens with zero attached hydrogens (tertiary/aromatic N) is 1. The molecule has 0 bridgehead atoms. The average Bonchev–Trinajstić information content (AvgIpc) is 2.33. The third-order valence-corrected chi connectivity index (χ3v) is 2.62. The maximum atomic E-state index is 11.8. The molecule has 6 nitrogen and oxygen atoms in total. The lowest BCUT2D eigenvalue weighted by Crippen LogP contribution is -2.44. The van der Waals surface area contributed by atoms with E-state index in [9.17, 15) is 9.90 Å². The molecule has 0 fully saturated rings. The average molecular weight is 254 g/mol. The molecule has 0 radical (unpaired) electrons. The number of phenolic OH excluding ortho intramolecular Hbond substituents is 2. The van der Waals surface area contributed by atoms with Crippen LogP contribution in [0.4, 0.5) is 0 Å². The monoisotopic (exact) mass is 254 g/mol. The van der Waals surface area contributed by atoms with Crippen LogP contribution in [0.25, 0.3) is 0 Å². The number of hydrogen-bond acceptors (Lipinski definition) is 5. The number of carbonyl (C=O) groups is 1. The zero-order valence-corrected chi connectivity index (χ0v) is 10.2. The van der Waals surface area contributed by atoms with Crippen LogP contribution in [0.5, 0.6) is 11.5 Å². The summed E-state index contributed by atoms with van der Waals surface area (Å²) in [6.45, 7) is 0.113. The molecule has 1 atom stereocenters. The lowest BCUT2D eigenvalue weighted by molar-refractivity contribution is -0.131. The Bertz CT molecular complexity index is 423. The molecule has 1 aromatic rings. The fraction of sp³-hybridized carbons (Fsp3) is 0.417. The number of carbonyl (C=O) groups excluding carboxylic acids is 1. The number of aliphatic hydroxyl groups is 1. The molecule has 0 aliphatic carbocycles. The number of aliphatic hydroxyl groups excluding tert-OH is 1. The fourth-order valence-electron chi connectivity index (χ4n) is 1.58. The third kappa shape index (κ3) is 3.61. The van der Waals surface area contributed by atoms with Crippen LogP contribution in [0.3, 0.4) is 0 Å². The molecule has 0 saturated carbocycles. The smallest absolute Gasteiger partial charge is 0.239 e. The normalized spacial score (nSPS) is 12.2. The van der Waals surface area contributed by atoms with Crippen LogP contribution < -0.4 is 5.73 Å². The predicted octanol–water partition coefficient (Wildman–Crippen LogP) is -0.582. The van der Waals surface area contributed by atoms with E-state index in [-0.39, 0.29) is 37.0 Å². The Morgan fingerprint density at radius 2 is 2.06 bits per heavy atom. The highest BCUT2D eigenvalue weighted by molar-refractivity contribution is 5.81. The standard InChI is InChI=1S/C12H18N2O4/c1-14(4-5-15)12(18)9(13)6-8-2-3-10(16)11(17)7-8/h2-3,7,9,15-17H,4-6,13H2,1H3/t9-/m0/s1. The maximum Gasteiger partial charge on any atom is 0.239 e. The second-order valence-electron chi connectivity index (χ2n) is 4.12. The van der Waals surface area contributed by atoms with Gasteiger partial charge < -0.3 is 26.0 Å². The molecular formula is C12H18N2O4. The number of hydrogen-bond donors (Lipinski definition) is 4. The minimum atomic E-state index is -0.745. The van der Waals surface area contributed by atoms with Crippen molar-refractivity contribution in [3.8, 4) is 11.5 Å². The van der Waals surface area contributed by atoms with Crippen molar-refractivity contribution < 1.29 is 20.1 Å². The van der Waals surface area contributed by atoms with E-state index in [0.717, 1.165) is 0 Å². The van der Waals surface area contributed by atoms with E-state index in [4.69, 9.17) is 15.9 Å². The van der Waals surface area contributed by atoms with Crippen molar-refractivity contribution in [2.45, 2.75) is 12.5 Å². The van der Waals surface area contributed by atoms with Gasteiger partial charge in [-0.15, -0.1) is 0 Å². The number of rotatable bonds is 5. The molecule has 0 heterocycles. The van der Waals surface area contributed by atoms with Gasteiger partial charge in [-0.25, -0.2) is 0 Å². The lowest BCUT2D eigenvalue weighted by Gasteiger charge is -2.20. The Labute approximate surface area is 105 Å². The van der Waals surface area contributed by atoms with Gasteiger partial charge in [-0.3, -0.25) is 4.79 Å². The van der Waals surface area contributed by atoms with Gasteiger partial charge in [0.1, 0.15) is 0 Å². The van der Waals surface area contributed by atoms with Crippen molar-refractivity contribution >= 4 is 5.91 Å². The summed E-state index contributed by atoms with van der Waals surface area (Å²) in [6, 6.07) is 3.56. The van der Waals surface area contributed by atoms with Gasteiger partial charge in [0.05, 0.1) is 12.6 Å². The zero-order valence-electron chi connectivity index (χ0n) is 10.2. The van der Waals surface area contributed by atoms with E-state index >= 15 is 0 Å². The van der Waals surface area contributed by atoms with E-state index in [1.165, 1.54) is 17.0 Å². The number of aromatic hydroxyl groups is 2. The highest BCUT2D eigenvalue weighted by Gasteiger charge is 2.18. The molecule has 5 N–H and O–H groups in total. The van der Waals surface area contributed by atoms with Gasteiger partial charge in [-0.05, 0) is 24.1 Å². The Hall–Kier alpha value is -1.79. The quantitative estimate of drug-likeness (QED) is 0.526. The molecule has 0 saturated heterocycles. The molecule has 0 aliphatic heterocycles. The molecule has 18 heavy (non-hydrogen) atoms. The first-order valence-electron chi connectivity index (χ1n) is 5.58. The second kappa shape index (κ2) is 6.23. The topological polar surface area (TPSA) is 107 Å². The highest BCUT2D eigenvalue weighted by Crippen LogP contribution is 2.25. The first kappa shape index (κ1) is 14.3. The summed E-state index contributed by atoms with van der Waals surface area (Å²) >= 11 is 0. The first-order chi connectivity index (χ1) is 8.45. The van der Waals surface area contributed by atoms with E-state index < -0.39 is 6.04 Å². The SMILES string of the molecule is CN(CCO)C(=O)[C@@H](N)Cc1ccc(O)c(O)c1. The summed E-state index contributed by atoms with van der Waals surface area (Å²) in [5, 5.41) is 27.2. The summed E-state index contributed by atoms with van der Waals surface area (Å²) in [6.07, 6.45) is 0.252. The maximum absolute atomic E-state index is 11.8. The van der Waals surface area contributed by atoms with Gasteiger partial charge in [0.25, 0.3) is 0 Å². The zero-order chi connectivity index (χ0) is 13.7. The Kier molecular flexibility index (Phi) is 4.94. The Morgan fingerprint density at radius 1 is 1.39 bits per heavy atom. The van der Waals surface area contributed by atoms with Crippen molar-refractivity contribution in [3.05, 3.63) is 23.8 Å². The van der Waals surface area contributed by atoms with Gasteiger partial charge in [-0.1, -0.05) is 6.07 Å². The number of nitrogens with two attached hydrogens (primary N) is 1. The molecule has 0 aromatic heterocycles. The summed E-state index contributed by atoms with van der Waals surface area (Å²) in [5.41, 5.74) is 6.41. The largest absolute Gasteiger partial charge is 0.504 e. The fourth-order valence-corrected chi connectivity index (χ4v) is 1.58. The third-order valence-electron chi connectivity index (χ3n) is 2.62. The summed E-state index contributed by atoms with van der Waals surface area (Å²) in [4.78, 5) is 13.1. The Morgan fingerprint density at radius 3 is 2.61 bits per heavy atom. The molecule has 1 aromatic carbocycles. The van der Waals surface area contributed by atoms with Crippen molar-refractivity contribution in [1.29, 1.82) is 0 Å². The van der Waals surface area contributed by atoms with Crippen LogP contribution in [0.2, 0.25) is 0 Å². The number of amides is 1. The molecule has 6 heteroatoms. The van der Waals surface area contributed by atoms with Gasteiger partial charge >= 0.3 is 0 Å². The molecule has 1 amide bonds. The van der Waals surface area contributed by atoms with Gasteiger partial charge in [0.15, 0.2) is 11.5 Å². The number of benzene rings is 1. The van der Waals surface area contributed by atoms with E-state index in [1.807, 2.05) is 0 Å². The van der Waals surface area contributed by atoms with Crippen LogP contribution in [0.1, 0.15) is 5.56 Å². The summed E-state index contributed by atoms with van der Waals surface area (Å²) < 4.78 is 0. The van der Waals surface area contributed by atoms with Crippen molar-refractivity contribution in [1.82, 2.24) is 4.90 Å². The second-order valence-corrected chi connectivity index (χ2v) is 4.12. The molecule has 100 valence electrons. The molecule has 1 rings (SSSR count). The van der Waals surface area contributed by atoms with Crippen LogP contribution in [-0.2, 0) is 11.2 Å². The summed E-state index contributed by atoms with van der Waals surface area (Å²) in [7, 11) is 1.56. The first-order valence-corrected chi connectivity index (χ1v) is 5.58. The number of phenols is 2. The van der Waals surface area contributed by atoms with E-state index in [0.29, 0.717) is 5.56 Å². The highest BCUT2D eigenvalue weighted by atomic mass is 16.3. The van der Waals surface area contributed by atoms with Crippen LogP contribution in [-0.4, -0.2) is 52.4 Å². The van der Waals surface area contributed by atoms with Gasteiger partial charge in [0, 0.05) is 13.6 Å². The molecule has 0 aliphatic rings. The van der Waals surface area contributed by atoms with Gasteiger partial charge in [-0.2, -0.15) is 0 Å². The lowest BCUT2D eigenvalue weighted by atomic mass is 10.0. The number of likely N-dealkylation sites (N-methyl/N-ethyl adjacent to an activating group) is 1. The van der Waals surface area contributed by atoms with E-state index in [1.54, 1.807) is 13.1 Å². The molecular weight excluding hydrogens is 236 g/mol. The predicted molar refractivity (Wildman–Crippen MR) is 66.2 cm³/mol. The van der Waals surface area contributed by atoms with Crippen molar-refractivity contribution in [3.63, 3.8) is 0 Å². The Balaban J connectivity index is 2.66. The minimum absolute atomic E-state index is 0.116. The van der Waals surface area contributed by atoms with E-state index in [2.05, 4.69) is 0 Å². The summed E-state index contributed by atoms with van der Waals surface area (Å²) in [5.74, 6) is -0.733. The van der Waals surface area contributed by atoms with Crippen LogP contribution in [0.15, 0.2) is 18.2 Å². The van der Waals surface area contributed by atoms with Crippen LogP contribution >= 0.6 is 0 Å². The van der Waals surface area contributed by atoms with Crippen LogP contribution in [0, 0.1) is 0 Å². The van der Waals surface area contributed by atoms with Crippen molar-refractivity contribution in [2.75, 3.05) is 20.2 Å².